The highest BCUT2D eigenvalue weighted by molar-refractivity contribution is 5.91. The number of amides is 2. The minimum atomic E-state index is -0.123. The molecule has 2 N–H and O–H groups in total. The van der Waals surface area contributed by atoms with Crippen molar-refractivity contribution in [1.29, 1.82) is 0 Å². The van der Waals surface area contributed by atoms with Gasteiger partial charge in [0.1, 0.15) is 11.5 Å². The Kier molecular flexibility index (Phi) is 12.8. The Morgan fingerprint density at radius 3 is 2.39 bits per heavy atom. The molecule has 182 valence electrons. The summed E-state index contributed by atoms with van der Waals surface area (Å²) in [6.07, 6.45) is 7.29. The maximum atomic E-state index is 13.2. The number of carbonyl (C=O) groups is 1. The fourth-order valence-corrected chi connectivity index (χ4v) is 3.52. The first-order valence-electron chi connectivity index (χ1n) is 12.3. The molecule has 2 aromatic rings. The van der Waals surface area contributed by atoms with Gasteiger partial charge in [-0.05, 0) is 56.0 Å². The highest BCUT2D eigenvalue weighted by Crippen LogP contribution is 2.24. The zero-order valence-electron chi connectivity index (χ0n) is 20.2. The third kappa shape index (κ3) is 10.2. The highest BCUT2D eigenvalue weighted by atomic mass is 16.5. The largest absolute Gasteiger partial charge is 0.494 e. The maximum Gasteiger partial charge on any atom is 0.322 e. The lowest BCUT2D eigenvalue weighted by molar-refractivity contribution is 0.207. The molecule has 2 aromatic carbocycles. The van der Waals surface area contributed by atoms with Gasteiger partial charge >= 0.3 is 6.03 Å². The van der Waals surface area contributed by atoms with Gasteiger partial charge in [0.05, 0.1) is 18.9 Å². The van der Waals surface area contributed by atoms with Crippen LogP contribution in [0.25, 0.3) is 0 Å². The molecule has 0 fully saturated rings. The van der Waals surface area contributed by atoms with Crippen molar-refractivity contribution in [2.45, 2.75) is 65.3 Å². The molecule has 0 bridgehead atoms. The second-order valence-electron chi connectivity index (χ2n) is 8.12. The summed E-state index contributed by atoms with van der Waals surface area (Å²) in [6.45, 7) is 6.69. The first-order chi connectivity index (χ1) is 16.2. The van der Waals surface area contributed by atoms with Crippen molar-refractivity contribution in [2.75, 3.05) is 31.7 Å². The van der Waals surface area contributed by atoms with E-state index < -0.39 is 0 Å². The number of para-hydroxylation sites is 2. The molecule has 2 rings (SSSR count). The van der Waals surface area contributed by atoms with Crippen LogP contribution in [-0.2, 0) is 6.54 Å². The summed E-state index contributed by atoms with van der Waals surface area (Å²) in [5.74, 6) is 1.48. The number of nitrogens with zero attached hydrogens (tertiary/aromatic N) is 1. The summed E-state index contributed by atoms with van der Waals surface area (Å²) < 4.78 is 11.4. The fourth-order valence-electron chi connectivity index (χ4n) is 3.52. The van der Waals surface area contributed by atoms with Gasteiger partial charge in [-0.3, -0.25) is 0 Å². The Labute approximate surface area is 198 Å². The van der Waals surface area contributed by atoms with Crippen LogP contribution >= 0.6 is 0 Å². The highest BCUT2D eigenvalue weighted by Gasteiger charge is 2.16. The minimum Gasteiger partial charge on any atom is -0.494 e. The van der Waals surface area contributed by atoms with E-state index in [1.165, 1.54) is 19.3 Å². The molecule has 0 unspecified atom stereocenters. The Hall–Kier alpha value is -2.73. The van der Waals surface area contributed by atoms with Crippen LogP contribution in [0.15, 0.2) is 48.5 Å². The average molecular weight is 457 g/mol. The van der Waals surface area contributed by atoms with Crippen LogP contribution in [0.2, 0.25) is 0 Å². The number of ether oxygens (including phenoxy) is 2. The summed E-state index contributed by atoms with van der Waals surface area (Å²) in [7, 11) is 0. The third-order valence-electron chi connectivity index (χ3n) is 5.37. The van der Waals surface area contributed by atoms with Gasteiger partial charge in [0, 0.05) is 19.7 Å². The van der Waals surface area contributed by atoms with E-state index in [4.69, 9.17) is 14.6 Å². The number of aliphatic hydroxyl groups excluding tert-OH is 1. The van der Waals surface area contributed by atoms with Crippen molar-refractivity contribution in [2.24, 2.45) is 0 Å². The van der Waals surface area contributed by atoms with E-state index in [9.17, 15) is 4.79 Å². The van der Waals surface area contributed by atoms with Crippen LogP contribution in [0.3, 0.4) is 0 Å². The molecular weight excluding hydrogens is 416 g/mol. The number of unbranched alkanes of at least 4 members (excludes halogenated alkanes) is 5. The summed E-state index contributed by atoms with van der Waals surface area (Å²) in [5, 5.41) is 11.9. The lowest BCUT2D eigenvalue weighted by Gasteiger charge is -2.24. The zero-order chi connectivity index (χ0) is 23.7. The Bertz CT molecular complexity index is 795. The van der Waals surface area contributed by atoms with Gasteiger partial charge in [-0.1, -0.05) is 56.9 Å². The standard InChI is InChI=1S/C27H40N2O4/c1-3-5-6-7-10-19-29(27(31)28-25-13-8-9-14-26(25)32-4-2)22-23-15-17-24(18-16-23)33-21-12-11-20-30/h8-9,13-18,30H,3-7,10-12,19-22H2,1-2H3,(H,28,31). The van der Waals surface area contributed by atoms with Crippen LogP contribution in [0, 0.1) is 0 Å². The molecule has 0 aliphatic carbocycles. The molecule has 0 saturated heterocycles. The molecule has 0 heterocycles. The lowest BCUT2D eigenvalue weighted by Crippen LogP contribution is -2.35. The van der Waals surface area contributed by atoms with E-state index in [0.717, 1.165) is 37.0 Å². The van der Waals surface area contributed by atoms with E-state index in [1.54, 1.807) is 0 Å². The van der Waals surface area contributed by atoms with Crippen LogP contribution in [-0.4, -0.2) is 42.4 Å². The molecule has 6 nitrogen and oxygen atoms in total. The molecule has 0 aromatic heterocycles. The third-order valence-corrected chi connectivity index (χ3v) is 5.37. The molecule has 0 saturated carbocycles. The monoisotopic (exact) mass is 456 g/mol. The smallest absolute Gasteiger partial charge is 0.322 e. The van der Waals surface area contributed by atoms with Crippen molar-refractivity contribution in [3.63, 3.8) is 0 Å². The van der Waals surface area contributed by atoms with Crippen molar-refractivity contribution >= 4 is 11.7 Å². The second-order valence-corrected chi connectivity index (χ2v) is 8.12. The Morgan fingerprint density at radius 1 is 0.909 bits per heavy atom. The van der Waals surface area contributed by atoms with Gasteiger partial charge in [0.15, 0.2) is 0 Å². The Morgan fingerprint density at radius 2 is 1.67 bits per heavy atom. The number of nitrogens with one attached hydrogen (secondary N) is 1. The van der Waals surface area contributed by atoms with Crippen molar-refractivity contribution < 1.29 is 19.4 Å². The zero-order valence-corrected chi connectivity index (χ0v) is 20.2. The maximum absolute atomic E-state index is 13.2. The van der Waals surface area contributed by atoms with E-state index in [0.29, 0.717) is 37.7 Å². The molecule has 33 heavy (non-hydrogen) atoms. The molecular formula is C27H40N2O4. The van der Waals surface area contributed by atoms with Crippen LogP contribution < -0.4 is 14.8 Å². The van der Waals surface area contributed by atoms with Gasteiger partial charge in [-0.25, -0.2) is 4.79 Å². The molecule has 0 atom stereocenters. The quantitative estimate of drug-likeness (QED) is 0.293. The Balaban J connectivity index is 2.01. The van der Waals surface area contributed by atoms with Crippen LogP contribution in [0.4, 0.5) is 10.5 Å². The molecule has 2 amide bonds. The number of hydrogen-bond acceptors (Lipinski definition) is 4. The van der Waals surface area contributed by atoms with Gasteiger partial charge in [-0.15, -0.1) is 0 Å². The predicted molar refractivity (Wildman–Crippen MR) is 134 cm³/mol. The van der Waals surface area contributed by atoms with Crippen molar-refractivity contribution in [3.05, 3.63) is 54.1 Å². The van der Waals surface area contributed by atoms with Crippen molar-refractivity contribution in [1.82, 2.24) is 4.90 Å². The molecule has 0 spiro atoms. The first-order valence-corrected chi connectivity index (χ1v) is 12.3. The minimum absolute atomic E-state index is 0.123. The molecule has 6 heteroatoms. The average Bonchev–Trinajstić information content (AvgIpc) is 2.83. The van der Waals surface area contributed by atoms with Crippen LogP contribution in [0.5, 0.6) is 11.5 Å². The normalized spacial score (nSPS) is 10.6. The molecule has 0 aliphatic heterocycles. The molecule has 0 aliphatic rings. The number of anilines is 1. The predicted octanol–water partition coefficient (Wildman–Crippen LogP) is 6.24. The van der Waals surface area contributed by atoms with E-state index in [-0.39, 0.29) is 12.6 Å². The number of benzene rings is 2. The van der Waals surface area contributed by atoms with Crippen molar-refractivity contribution in [3.8, 4) is 11.5 Å². The fraction of sp³-hybridized carbons (Fsp3) is 0.519. The summed E-state index contributed by atoms with van der Waals surface area (Å²) in [4.78, 5) is 15.0. The van der Waals surface area contributed by atoms with E-state index in [1.807, 2.05) is 60.4 Å². The summed E-state index contributed by atoms with van der Waals surface area (Å²) >= 11 is 0. The first kappa shape index (κ1) is 26.5. The number of aliphatic hydroxyl groups is 1. The summed E-state index contributed by atoms with van der Waals surface area (Å²) in [5.41, 5.74) is 1.74. The van der Waals surface area contributed by atoms with E-state index >= 15 is 0 Å². The van der Waals surface area contributed by atoms with Gasteiger partial charge in [-0.2, -0.15) is 0 Å². The van der Waals surface area contributed by atoms with E-state index in [2.05, 4.69) is 12.2 Å². The lowest BCUT2D eigenvalue weighted by atomic mass is 10.1. The number of urea groups is 1. The second kappa shape index (κ2) is 16.0. The van der Waals surface area contributed by atoms with Gasteiger partial charge in [0.25, 0.3) is 0 Å². The molecule has 0 radical (unpaired) electrons. The topological polar surface area (TPSA) is 71.0 Å². The summed E-state index contributed by atoms with van der Waals surface area (Å²) in [6, 6.07) is 15.3. The van der Waals surface area contributed by atoms with Gasteiger partial charge in [0.2, 0.25) is 0 Å². The number of carbonyl (C=O) groups excluding carboxylic acids is 1. The number of hydrogen-bond donors (Lipinski definition) is 2. The SMILES string of the molecule is CCCCCCCN(Cc1ccc(OCCCCO)cc1)C(=O)Nc1ccccc1OCC. The van der Waals surface area contributed by atoms with Gasteiger partial charge < -0.3 is 24.8 Å². The number of rotatable bonds is 16. The van der Waals surface area contributed by atoms with Crippen LogP contribution in [0.1, 0.15) is 64.4 Å².